The molecule has 1 aromatic rings. The minimum absolute atomic E-state index is 0.0795. The Kier molecular flexibility index (Phi) is 6.17. The number of nitrogens with zero attached hydrogens (tertiary/aromatic N) is 2. The monoisotopic (exact) mass is 391 g/mol. The molecule has 2 aliphatic heterocycles. The molecular weight excluding hydrogens is 358 g/mol. The number of benzene rings is 1. The maximum atomic E-state index is 13.6. The highest BCUT2D eigenvalue weighted by molar-refractivity contribution is 7.89. The highest BCUT2D eigenvalue weighted by Crippen LogP contribution is 2.27. The van der Waals surface area contributed by atoms with Gasteiger partial charge in [-0.2, -0.15) is 4.31 Å². The first-order valence-corrected chi connectivity index (χ1v) is 12.2. The molecule has 2 heterocycles. The number of likely N-dealkylation sites (tertiary alicyclic amines) is 1. The molecule has 1 N–H and O–H groups in total. The molecular formula is C21H33N3O2S. The normalized spacial score (nSPS) is 24.3. The van der Waals surface area contributed by atoms with E-state index in [2.05, 4.69) is 16.3 Å². The van der Waals surface area contributed by atoms with Crippen LogP contribution in [0.5, 0.6) is 0 Å². The molecule has 0 unspecified atom stereocenters. The minimum atomic E-state index is -3.45. The van der Waals surface area contributed by atoms with E-state index in [1.807, 2.05) is 12.1 Å². The first-order valence-electron chi connectivity index (χ1n) is 10.7. The number of sulfonamides is 1. The number of aryl methyl sites for hydroxylation is 2. The van der Waals surface area contributed by atoms with E-state index in [1.54, 1.807) is 4.31 Å². The lowest BCUT2D eigenvalue weighted by Gasteiger charge is -2.32. The Morgan fingerprint density at radius 3 is 2.56 bits per heavy atom. The summed E-state index contributed by atoms with van der Waals surface area (Å²) in [5.74, 6) is 0. The van der Waals surface area contributed by atoms with E-state index >= 15 is 0 Å². The molecule has 0 radical (unpaired) electrons. The zero-order valence-corrected chi connectivity index (χ0v) is 17.1. The topological polar surface area (TPSA) is 52.7 Å². The van der Waals surface area contributed by atoms with E-state index < -0.39 is 10.0 Å². The van der Waals surface area contributed by atoms with Crippen molar-refractivity contribution in [3.8, 4) is 0 Å². The van der Waals surface area contributed by atoms with Gasteiger partial charge in [-0.15, -0.1) is 0 Å². The molecule has 27 heavy (non-hydrogen) atoms. The van der Waals surface area contributed by atoms with Crippen molar-refractivity contribution in [2.75, 3.05) is 39.3 Å². The van der Waals surface area contributed by atoms with Gasteiger partial charge in [0, 0.05) is 25.7 Å². The largest absolute Gasteiger partial charge is 0.315 e. The van der Waals surface area contributed by atoms with Gasteiger partial charge in [0.05, 0.1) is 4.90 Å². The van der Waals surface area contributed by atoms with Gasteiger partial charge in [0.2, 0.25) is 10.0 Å². The molecule has 4 rings (SSSR count). The lowest BCUT2D eigenvalue weighted by molar-refractivity contribution is 0.202. The summed E-state index contributed by atoms with van der Waals surface area (Å²) in [4.78, 5) is 2.93. The van der Waals surface area contributed by atoms with E-state index in [1.165, 1.54) is 43.2 Å². The zero-order chi connectivity index (χ0) is 18.7. The highest BCUT2D eigenvalue weighted by atomic mass is 32.2. The minimum Gasteiger partial charge on any atom is -0.315 e. The second-order valence-corrected chi connectivity index (χ2v) is 10.2. The smallest absolute Gasteiger partial charge is 0.243 e. The summed E-state index contributed by atoms with van der Waals surface area (Å²) in [6, 6.07) is 5.93. The van der Waals surface area contributed by atoms with Crippen molar-refractivity contribution >= 4 is 10.0 Å². The zero-order valence-electron chi connectivity index (χ0n) is 16.3. The Balaban J connectivity index is 1.55. The lowest BCUT2D eigenvalue weighted by Crippen LogP contribution is -2.46. The van der Waals surface area contributed by atoms with Crippen molar-refractivity contribution in [1.29, 1.82) is 0 Å². The van der Waals surface area contributed by atoms with Crippen molar-refractivity contribution in [3.63, 3.8) is 0 Å². The SMILES string of the molecule is O=S(=O)(c1ccc2c(c1)CCCC2)N(CCN1CCCCC1)[C@H]1CCNC1. The predicted molar refractivity (Wildman–Crippen MR) is 109 cm³/mol. The predicted octanol–water partition coefficient (Wildman–Crippen LogP) is 2.40. The second kappa shape index (κ2) is 8.60. The molecule has 150 valence electrons. The number of hydrogen-bond acceptors (Lipinski definition) is 4. The molecule has 2 saturated heterocycles. The fraction of sp³-hybridized carbons (Fsp3) is 0.714. The number of rotatable bonds is 6. The van der Waals surface area contributed by atoms with Gasteiger partial charge >= 0.3 is 0 Å². The van der Waals surface area contributed by atoms with Gasteiger partial charge in [0.15, 0.2) is 0 Å². The number of hydrogen-bond donors (Lipinski definition) is 1. The third-order valence-corrected chi connectivity index (χ3v) is 8.40. The van der Waals surface area contributed by atoms with Crippen LogP contribution in [0.3, 0.4) is 0 Å². The van der Waals surface area contributed by atoms with Crippen LogP contribution in [0.15, 0.2) is 23.1 Å². The van der Waals surface area contributed by atoms with Gasteiger partial charge in [-0.25, -0.2) is 8.42 Å². The Morgan fingerprint density at radius 2 is 1.81 bits per heavy atom. The number of nitrogens with one attached hydrogen (secondary N) is 1. The first-order chi connectivity index (χ1) is 13.1. The maximum Gasteiger partial charge on any atom is 0.243 e. The summed E-state index contributed by atoms with van der Waals surface area (Å²) in [5, 5.41) is 3.34. The van der Waals surface area contributed by atoms with Crippen molar-refractivity contribution in [2.24, 2.45) is 0 Å². The van der Waals surface area contributed by atoms with Crippen LogP contribution >= 0.6 is 0 Å². The molecule has 3 aliphatic rings. The van der Waals surface area contributed by atoms with Crippen LogP contribution < -0.4 is 5.32 Å². The Morgan fingerprint density at radius 1 is 1.04 bits per heavy atom. The van der Waals surface area contributed by atoms with Gasteiger partial charge in [-0.05, 0) is 87.8 Å². The lowest BCUT2D eigenvalue weighted by atomic mass is 9.92. The van der Waals surface area contributed by atoms with E-state index in [0.717, 1.165) is 52.0 Å². The van der Waals surface area contributed by atoms with Gasteiger partial charge in [-0.3, -0.25) is 0 Å². The van der Waals surface area contributed by atoms with Crippen LogP contribution in [0.2, 0.25) is 0 Å². The summed E-state index contributed by atoms with van der Waals surface area (Å²) in [6.45, 7) is 5.34. The van der Waals surface area contributed by atoms with Crippen LogP contribution in [-0.2, 0) is 22.9 Å². The molecule has 2 fully saturated rings. The van der Waals surface area contributed by atoms with Crippen LogP contribution in [0.25, 0.3) is 0 Å². The third kappa shape index (κ3) is 4.39. The van der Waals surface area contributed by atoms with Gasteiger partial charge < -0.3 is 10.2 Å². The maximum absolute atomic E-state index is 13.6. The van der Waals surface area contributed by atoms with Crippen LogP contribution in [0.1, 0.15) is 49.7 Å². The van der Waals surface area contributed by atoms with Crippen molar-refractivity contribution in [2.45, 2.75) is 62.3 Å². The molecule has 5 nitrogen and oxygen atoms in total. The summed E-state index contributed by atoms with van der Waals surface area (Å²) < 4.78 is 28.9. The molecule has 0 amide bonds. The summed E-state index contributed by atoms with van der Waals surface area (Å²) in [6.07, 6.45) is 9.17. The van der Waals surface area contributed by atoms with E-state index in [0.29, 0.717) is 11.4 Å². The van der Waals surface area contributed by atoms with Crippen molar-refractivity contribution in [3.05, 3.63) is 29.3 Å². The van der Waals surface area contributed by atoms with E-state index in [9.17, 15) is 8.42 Å². The average molecular weight is 392 g/mol. The molecule has 0 aromatic heterocycles. The molecule has 1 aliphatic carbocycles. The fourth-order valence-electron chi connectivity index (χ4n) is 4.81. The van der Waals surface area contributed by atoms with E-state index in [-0.39, 0.29) is 6.04 Å². The summed E-state index contributed by atoms with van der Waals surface area (Å²) in [5.41, 5.74) is 2.57. The number of piperidine rings is 1. The molecule has 0 spiro atoms. The quantitative estimate of drug-likeness (QED) is 0.809. The summed E-state index contributed by atoms with van der Waals surface area (Å²) >= 11 is 0. The Bertz CT molecular complexity index is 738. The standard InChI is InChI=1S/C21H33N3O2S/c25-27(26,21-9-8-18-6-2-3-7-19(18)16-21)24(20-10-11-22-17-20)15-14-23-12-4-1-5-13-23/h8-9,16,20,22H,1-7,10-15,17H2/t20-/m0/s1. The van der Waals surface area contributed by atoms with Gasteiger partial charge in [0.1, 0.15) is 0 Å². The van der Waals surface area contributed by atoms with Crippen molar-refractivity contribution in [1.82, 2.24) is 14.5 Å². The first kappa shape index (κ1) is 19.4. The summed E-state index contributed by atoms with van der Waals surface area (Å²) in [7, 11) is -3.45. The fourth-order valence-corrected chi connectivity index (χ4v) is 6.51. The molecule has 1 atom stereocenters. The Labute approximate surface area is 164 Å². The van der Waals surface area contributed by atoms with Gasteiger partial charge in [0.25, 0.3) is 0 Å². The Hall–Kier alpha value is -0.950. The third-order valence-electron chi connectivity index (χ3n) is 6.45. The molecule has 0 bridgehead atoms. The second-order valence-electron chi connectivity index (χ2n) is 8.30. The molecule has 6 heteroatoms. The van der Waals surface area contributed by atoms with Gasteiger partial charge in [-0.1, -0.05) is 12.5 Å². The highest BCUT2D eigenvalue weighted by Gasteiger charge is 2.34. The average Bonchev–Trinajstić information content (AvgIpc) is 3.23. The molecule has 1 aromatic carbocycles. The van der Waals surface area contributed by atoms with Crippen LogP contribution in [-0.4, -0.2) is 62.9 Å². The number of fused-ring (bicyclic) bond motifs is 1. The van der Waals surface area contributed by atoms with Crippen molar-refractivity contribution < 1.29 is 8.42 Å². The van der Waals surface area contributed by atoms with Crippen LogP contribution in [0, 0.1) is 0 Å². The van der Waals surface area contributed by atoms with E-state index in [4.69, 9.17) is 0 Å². The molecule has 0 saturated carbocycles. The van der Waals surface area contributed by atoms with Crippen LogP contribution in [0.4, 0.5) is 0 Å².